The molecule has 29 heavy (non-hydrogen) atoms. The molecule has 2 aromatic carbocycles. The minimum Gasteiger partial charge on any atom is -0.355 e. The Morgan fingerprint density at radius 1 is 1.17 bits per heavy atom. The van der Waals surface area contributed by atoms with Crippen LogP contribution in [0.15, 0.2) is 59.8 Å². The third-order valence-corrected chi connectivity index (χ3v) is 5.96. The Balaban J connectivity index is 1.42. The van der Waals surface area contributed by atoms with E-state index in [2.05, 4.69) is 15.5 Å². The first kappa shape index (κ1) is 19.6. The van der Waals surface area contributed by atoms with Crippen LogP contribution >= 0.6 is 11.8 Å². The number of carbonyl (C=O) groups is 1. The average Bonchev–Trinajstić information content (AvgIpc) is 3.49. The summed E-state index contributed by atoms with van der Waals surface area (Å²) in [5, 5.41) is 11.8. The second kappa shape index (κ2) is 8.78. The van der Waals surface area contributed by atoms with Gasteiger partial charge in [0.25, 0.3) is 0 Å². The van der Waals surface area contributed by atoms with E-state index in [0.717, 1.165) is 19.3 Å². The van der Waals surface area contributed by atoms with E-state index in [-0.39, 0.29) is 23.0 Å². The molecule has 0 aliphatic heterocycles. The molecule has 1 fully saturated rings. The fourth-order valence-electron chi connectivity index (χ4n) is 3.18. The molecule has 0 bridgehead atoms. The molecule has 1 N–H and O–H groups in total. The Morgan fingerprint density at radius 2 is 1.90 bits per heavy atom. The third-order valence-electron chi connectivity index (χ3n) is 4.90. The minimum atomic E-state index is -0.319. The summed E-state index contributed by atoms with van der Waals surface area (Å²) in [6.45, 7) is 2.45. The van der Waals surface area contributed by atoms with Crippen LogP contribution in [0.25, 0.3) is 11.4 Å². The molecule has 1 amide bonds. The molecule has 1 heterocycles. The van der Waals surface area contributed by atoms with Gasteiger partial charge in [0.2, 0.25) is 5.91 Å². The molecule has 7 heteroatoms. The molecule has 4 rings (SSSR count). The van der Waals surface area contributed by atoms with Crippen LogP contribution in [0, 0.1) is 5.82 Å². The topological polar surface area (TPSA) is 59.8 Å². The molecule has 0 saturated heterocycles. The van der Waals surface area contributed by atoms with Crippen molar-refractivity contribution in [2.24, 2.45) is 0 Å². The van der Waals surface area contributed by atoms with Crippen molar-refractivity contribution in [3.63, 3.8) is 0 Å². The standard InChI is InChI=1S/C22H23FN4OS/c1-15(21(28)24-14-13-16-7-3-2-4-8-16)29-22-26-25-20(27(22)17-11-12-17)18-9-5-6-10-19(18)23/h2-10,15,17H,11-14H2,1H3,(H,24,28)/t15-/m1/s1. The van der Waals surface area contributed by atoms with E-state index in [1.807, 2.05) is 41.8 Å². The third kappa shape index (κ3) is 4.67. The Hall–Kier alpha value is -2.67. The molecule has 1 aliphatic carbocycles. The second-order valence-corrected chi connectivity index (χ2v) is 8.48. The number of nitrogens with one attached hydrogen (secondary N) is 1. The molecular weight excluding hydrogens is 387 g/mol. The molecule has 0 spiro atoms. The molecule has 150 valence electrons. The SMILES string of the molecule is C[C@@H](Sc1nnc(-c2ccccc2F)n1C1CC1)C(=O)NCCc1ccccc1. The van der Waals surface area contributed by atoms with Crippen LogP contribution in [-0.2, 0) is 11.2 Å². The maximum atomic E-state index is 14.3. The largest absolute Gasteiger partial charge is 0.355 e. The summed E-state index contributed by atoms with van der Waals surface area (Å²) in [4.78, 5) is 12.5. The van der Waals surface area contributed by atoms with Gasteiger partial charge in [-0.3, -0.25) is 9.36 Å². The van der Waals surface area contributed by atoms with Crippen LogP contribution in [0.5, 0.6) is 0 Å². The van der Waals surface area contributed by atoms with Crippen LogP contribution in [-0.4, -0.2) is 32.5 Å². The molecule has 1 atom stereocenters. The smallest absolute Gasteiger partial charge is 0.233 e. The quantitative estimate of drug-likeness (QED) is 0.564. The lowest BCUT2D eigenvalue weighted by atomic mass is 10.1. The van der Waals surface area contributed by atoms with E-state index in [9.17, 15) is 9.18 Å². The highest BCUT2D eigenvalue weighted by atomic mass is 32.2. The predicted octanol–water partition coefficient (Wildman–Crippen LogP) is 4.26. The first-order valence-electron chi connectivity index (χ1n) is 9.81. The molecule has 1 aromatic heterocycles. The number of halogens is 1. The van der Waals surface area contributed by atoms with Crippen LogP contribution < -0.4 is 5.32 Å². The Labute approximate surface area is 173 Å². The average molecular weight is 411 g/mol. The highest BCUT2D eigenvalue weighted by Gasteiger charge is 2.32. The van der Waals surface area contributed by atoms with E-state index in [0.29, 0.717) is 23.1 Å². The van der Waals surface area contributed by atoms with Crippen molar-refractivity contribution in [3.8, 4) is 11.4 Å². The van der Waals surface area contributed by atoms with Gasteiger partial charge in [-0.15, -0.1) is 10.2 Å². The van der Waals surface area contributed by atoms with E-state index in [1.54, 1.807) is 18.2 Å². The molecule has 0 unspecified atom stereocenters. The van der Waals surface area contributed by atoms with Crippen molar-refractivity contribution in [2.75, 3.05) is 6.54 Å². The number of hydrogen-bond acceptors (Lipinski definition) is 4. The highest BCUT2D eigenvalue weighted by molar-refractivity contribution is 8.00. The monoisotopic (exact) mass is 410 g/mol. The Morgan fingerprint density at radius 3 is 2.62 bits per heavy atom. The number of benzene rings is 2. The van der Waals surface area contributed by atoms with Crippen molar-refractivity contribution >= 4 is 17.7 Å². The number of aromatic nitrogens is 3. The maximum Gasteiger partial charge on any atom is 0.233 e. The molecule has 0 radical (unpaired) electrons. The van der Waals surface area contributed by atoms with E-state index < -0.39 is 0 Å². The van der Waals surface area contributed by atoms with Gasteiger partial charge in [-0.25, -0.2) is 4.39 Å². The van der Waals surface area contributed by atoms with Crippen LogP contribution in [0.4, 0.5) is 4.39 Å². The lowest BCUT2D eigenvalue weighted by molar-refractivity contribution is -0.120. The summed E-state index contributed by atoms with van der Waals surface area (Å²) in [5.41, 5.74) is 1.63. The van der Waals surface area contributed by atoms with Crippen molar-refractivity contribution in [2.45, 2.75) is 42.6 Å². The number of nitrogens with zero attached hydrogens (tertiary/aromatic N) is 3. The molecular formula is C22H23FN4OS. The first-order valence-corrected chi connectivity index (χ1v) is 10.7. The van der Waals surface area contributed by atoms with Gasteiger partial charge in [-0.05, 0) is 43.9 Å². The van der Waals surface area contributed by atoms with Gasteiger partial charge < -0.3 is 5.32 Å². The number of carbonyl (C=O) groups excluding carboxylic acids is 1. The van der Waals surface area contributed by atoms with Gasteiger partial charge in [0.1, 0.15) is 5.82 Å². The summed E-state index contributed by atoms with van der Waals surface area (Å²) >= 11 is 1.37. The Kier molecular flexibility index (Phi) is 5.94. The zero-order valence-electron chi connectivity index (χ0n) is 16.2. The van der Waals surface area contributed by atoms with Crippen LogP contribution in [0.1, 0.15) is 31.4 Å². The predicted molar refractivity (Wildman–Crippen MR) is 112 cm³/mol. The first-order chi connectivity index (χ1) is 14.1. The van der Waals surface area contributed by atoms with Crippen molar-refractivity contribution in [1.82, 2.24) is 20.1 Å². The summed E-state index contributed by atoms with van der Waals surface area (Å²) < 4.78 is 16.2. The fourth-order valence-corrected chi connectivity index (χ4v) is 4.12. The minimum absolute atomic E-state index is 0.0382. The molecule has 1 saturated carbocycles. The fraction of sp³-hybridized carbons (Fsp3) is 0.318. The van der Waals surface area contributed by atoms with Crippen molar-refractivity contribution < 1.29 is 9.18 Å². The summed E-state index contributed by atoms with van der Waals surface area (Å²) in [5.74, 6) is 0.179. The van der Waals surface area contributed by atoms with Gasteiger partial charge in [0, 0.05) is 12.6 Å². The van der Waals surface area contributed by atoms with Gasteiger partial charge in [0.15, 0.2) is 11.0 Å². The number of thioether (sulfide) groups is 1. The summed E-state index contributed by atoms with van der Waals surface area (Å²) in [7, 11) is 0. The molecule has 5 nitrogen and oxygen atoms in total. The lowest BCUT2D eigenvalue weighted by Crippen LogP contribution is -2.32. The van der Waals surface area contributed by atoms with Gasteiger partial charge in [-0.2, -0.15) is 0 Å². The second-order valence-electron chi connectivity index (χ2n) is 7.17. The maximum absolute atomic E-state index is 14.3. The zero-order chi connectivity index (χ0) is 20.2. The summed E-state index contributed by atoms with van der Waals surface area (Å²) in [6, 6.07) is 16.9. The van der Waals surface area contributed by atoms with E-state index in [1.165, 1.54) is 23.4 Å². The van der Waals surface area contributed by atoms with E-state index >= 15 is 0 Å². The normalized spacial score (nSPS) is 14.6. The van der Waals surface area contributed by atoms with Crippen LogP contribution in [0.3, 0.4) is 0 Å². The summed E-state index contributed by atoms with van der Waals surface area (Å²) in [6.07, 6.45) is 2.83. The van der Waals surface area contributed by atoms with Crippen molar-refractivity contribution in [3.05, 3.63) is 66.0 Å². The Bertz CT molecular complexity index is 987. The zero-order valence-corrected chi connectivity index (χ0v) is 17.0. The molecule has 3 aromatic rings. The van der Waals surface area contributed by atoms with Gasteiger partial charge >= 0.3 is 0 Å². The number of hydrogen-bond donors (Lipinski definition) is 1. The van der Waals surface area contributed by atoms with Crippen LogP contribution in [0.2, 0.25) is 0 Å². The highest BCUT2D eigenvalue weighted by Crippen LogP contribution is 2.42. The lowest BCUT2D eigenvalue weighted by Gasteiger charge is -2.13. The number of amides is 1. The van der Waals surface area contributed by atoms with Gasteiger partial charge in [0.05, 0.1) is 10.8 Å². The number of rotatable bonds is 8. The van der Waals surface area contributed by atoms with Crippen molar-refractivity contribution in [1.29, 1.82) is 0 Å². The molecule has 1 aliphatic rings. The van der Waals surface area contributed by atoms with Gasteiger partial charge in [-0.1, -0.05) is 54.2 Å². The van der Waals surface area contributed by atoms with E-state index in [4.69, 9.17) is 0 Å².